The minimum Gasteiger partial charge on any atom is -0.478 e. The van der Waals surface area contributed by atoms with Gasteiger partial charge in [-0.05, 0) is 104 Å². The molecule has 8 heteroatoms. The summed E-state index contributed by atoms with van der Waals surface area (Å²) in [5.41, 5.74) is 0.510. The van der Waals surface area contributed by atoms with Crippen molar-refractivity contribution in [1.29, 1.82) is 0 Å². The number of aromatic carboxylic acids is 2. The Kier molecular flexibility index (Phi) is 18.1. The zero-order valence-electron chi connectivity index (χ0n) is 24.7. The molecule has 0 fully saturated rings. The second-order valence-electron chi connectivity index (χ2n) is 9.04. The highest BCUT2D eigenvalue weighted by Gasteiger charge is 2.17. The van der Waals surface area contributed by atoms with E-state index in [0.29, 0.717) is 0 Å². The van der Waals surface area contributed by atoms with E-state index in [2.05, 4.69) is 55.4 Å². The number of quaternary nitrogens is 2. The molecule has 0 saturated carbocycles. The Hall–Kier alpha value is -2.00. The quantitative estimate of drug-likeness (QED) is 0.192. The van der Waals surface area contributed by atoms with Gasteiger partial charge in [-0.2, -0.15) is 0 Å². The van der Waals surface area contributed by atoms with E-state index in [1.54, 1.807) is 48.5 Å². The zero-order chi connectivity index (χ0) is 29.2. The number of hydrogen-bond donors (Lipinski definition) is 2. The van der Waals surface area contributed by atoms with Crippen molar-refractivity contribution in [2.24, 2.45) is 0 Å². The number of nitrogens with zero attached hydrogens (tertiary/aromatic N) is 2. The van der Waals surface area contributed by atoms with Gasteiger partial charge in [-0.25, -0.2) is 9.59 Å². The maximum Gasteiger partial charge on any atom is 0.335 e. The summed E-state index contributed by atoms with van der Waals surface area (Å²) in [5.74, 6) is -1.89. The van der Waals surface area contributed by atoms with E-state index in [-0.39, 0.29) is 11.1 Å². The van der Waals surface area contributed by atoms with E-state index in [9.17, 15) is 9.59 Å². The van der Waals surface area contributed by atoms with Crippen molar-refractivity contribution in [2.45, 2.75) is 65.2 Å². The lowest BCUT2D eigenvalue weighted by Gasteiger charge is -2.34. The molecular formula is C30H50N2O4S2+2. The maximum absolute atomic E-state index is 10.7. The minimum atomic E-state index is -0.946. The molecule has 6 nitrogen and oxygen atoms in total. The Morgan fingerprint density at radius 1 is 0.500 bits per heavy atom. The number of carboxylic acid groups (broad SMARTS) is 2. The Bertz CT molecular complexity index is 814. The molecule has 38 heavy (non-hydrogen) atoms. The van der Waals surface area contributed by atoms with Gasteiger partial charge in [0, 0.05) is 9.79 Å². The first-order valence-corrected chi connectivity index (χ1v) is 15.9. The highest BCUT2D eigenvalue weighted by Crippen LogP contribution is 2.37. The number of hydrogen-bond acceptors (Lipinski definition) is 4. The first kappa shape index (κ1) is 36.0. The molecule has 0 heterocycles. The normalized spacial score (nSPS) is 11.1. The lowest BCUT2D eigenvalue weighted by molar-refractivity contribution is -0.921. The van der Waals surface area contributed by atoms with E-state index in [1.807, 2.05) is 0 Å². The molecule has 0 atom stereocenters. The predicted molar refractivity (Wildman–Crippen MR) is 163 cm³/mol. The number of carboxylic acids is 2. The summed E-state index contributed by atoms with van der Waals surface area (Å²) in [6.07, 6.45) is 0. The standard InChI is InChI=1S/C14H10O4S2.2C8H20N/c15-13(16)9-1-5-11(6-2-9)19-20-12-7-3-10(4-8-12)14(17)18;2*1-5-9(6-2,7-3)8-4/h1-8H,(H,15,16)(H,17,18);2*5-8H2,1-4H3/q;2*+1. The first-order chi connectivity index (χ1) is 18.0. The summed E-state index contributed by atoms with van der Waals surface area (Å²) in [4.78, 5) is 23.3. The van der Waals surface area contributed by atoms with Crippen molar-refractivity contribution in [2.75, 3.05) is 52.4 Å². The smallest absolute Gasteiger partial charge is 0.335 e. The van der Waals surface area contributed by atoms with Gasteiger partial charge in [0.05, 0.1) is 63.5 Å². The van der Waals surface area contributed by atoms with Crippen molar-refractivity contribution in [3.63, 3.8) is 0 Å². The fraction of sp³-hybridized carbons (Fsp3) is 0.533. The van der Waals surface area contributed by atoms with E-state index >= 15 is 0 Å². The predicted octanol–water partition coefficient (Wildman–Crippen LogP) is 7.65. The van der Waals surface area contributed by atoms with Crippen LogP contribution in [0.1, 0.15) is 76.1 Å². The van der Waals surface area contributed by atoms with Crippen molar-refractivity contribution < 1.29 is 28.8 Å². The van der Waals surface area contributed by atoms with Gasteiger partial charge in [-0.1, -0.05) is 21.6 Å². The van der Waals surface area contributed by atoms with Crippen LogP contribution in [-0.2, 0) is 0 Å². The maximum atomic E-state index is 10.7. The zero-order valence-corrected chi connectivity index (χ0v) is 26.3. The molecule has 0 bridgehead atoms. The first-order valence-electron chi connectivity index (χ1n) is 13.8. The fourth-order valence-corrected chi connectivity index (χ4v) is 6.02. The van der Waals surface area contributed by atoms with Gasteiger partial charge in [-0.3, -0.25) is 0 Å². The highest BCUT2D eigenvalue weighted by molar-refractivity contribution is 8.76. The van der Waals surface area contributed by atoms with Crippen LogP contribution < -0.4 is 0 Å². The van der Waals surface area contributed by atoms with E-state index in [4.69, 9.17) is 10.2 Å². The summed E-state index contributed by atoms with van der Waals surface area (Å²) < 4.78 is 2.56. The third-order valence-corrected chi connectivity index (χ3v) is 10.2. The van der Waals surface area contributed by atoms with Crippen LogP contribution in [-0.4, -0.2) is 83.5 Å². The molecule has 2 aromatic rings. The average Bonchev–Trinajstić information content (AvgIpc) is 2.96. The van der Waals surface area contributed by atoms with Crippen molar-refractivity contribution in [1.82, 2.24) is 0 Å². The van der Waals surface area contributed by atoms with Gasteiger partial charge >= 0.3 is 11.9 Å². The molecule has 0 unspecified atom stereocenters. The summed E-state index contributed by atoms with van der Waals surface area (Å²) in [6, 6.07) is 13.2. The second-order valence-corrected chi connectivity index (χ2v) is 11.3. The Balaban J connectivity index is 0.000000636. The summed E-state index contributed by atoms with van der Waals surface area (Å²) in [6.45, 7) is 28.4. The molecule has 0 saturated heterocycles. The molecule has 0 radical (unpaired) electrons. The molecule has 2 aromatic carbocycles. The lowest BCUT2D eigenvalue weighted by Crippen LogP contribution is -2.47. The van der Waals surface area contributed by atoms with Crippen LogP contribution in [0.15, 0.2) is 58.3 Å². The van der Waals surface area contributed by atoms with Crippen molar-refractivity contribution in [3.8, 4) is 0 Å². The van der Waals surface area contributed by atoms with Crippen LogP contribution >= 0.6 is 21.6 Å². The highest BCUT2D eigenvalue weighted by atomic mass is 33.1. The third-order valence-electron chi connectivity index (χ3n) is 7.80. The van der Waals surface area contributed by atoms with Crippen LogP contribution in [0.3, 0.4) is 0 Å². The second kappa shape index (κ2) is 19.1. The van der Waals surface area contributed by atoms with Gasteiger partial charge in [0.25, 0.3) is 0 Å². The molecule has 0 aliphatic carbocycles. The van der Waals surface area contributed by atoms with Crippen LogP contribution in [0.5, 0.6) is 0 Å². The lowest BCUT2D eigenvalue weighted by atomic mass is 10.2. The fourth-order valence-electron chi connectivity index (χ4n) is 4.09. The van der Waals surface area contributed by atoms with Gasteiger partial charge in [0.1, 0.15) is 0 Å². The molecule has 0 spiro atoms. The number of rotatable bonds is 13. The van der Waals surface area contributed by atoms with Crippen LogP contribution in [0.25, 0.3) is 0 Å². The van der Waals surface area contributed by atoms with E-state index < -0.39 is 11.9 Å². The van der Waals surface area contributed by atoms with Gasteiger partial charge in [-0.15, -0.1) is 0 Å². The summed E-state index contributed by atoms with van der Waals surface area (Å²) in [5, 5.41) is 17.6. The molecule has 214 valence electrons. The average molecular weight is 567 g/mol. The van der Waals surface area contributed by atoms with Gasteiger partial charge < -0.3 is 19.2 Å². The topological polar surface area (TPSA) is 74.6 Å². The van der Waals surface area contributed by atoms with Crippen LogP contribution in [0.2, 0.25) is 0 Å². The minimum absolute atomic E-state index is 0.255. The molecule has 0 aliphatic rings. The number of carbonyl (C=O) groups is 2. The van der Waals surface area contributed by atoms with Crippen molar-refractivity contribution >= 4 is 33.5 Å². The van der Waals surface area contributed by atoms with Gasteiger partial charge in [0.15, 0.2) is 0 Å². The van der Waals surface area contributed by atoms with Gasteiger partial charge in [0.2, 0.25) is 0 Å². The Morgan fingerprint density at radius 2 is 0.711 bits per heavy atom. The molecule has 0 aliphatic heterocycles. The number of benzene rings is 2. The third kappa shape index (κ3) is 12.2. The van der Waals surface area contributed by atoms with E-state index in [0.717, 1.165) is 9.79 Å². The molecular weight excluding hydrogens is 516 g/mol. The largest absolute Gasteiger partial charge is 0.478 e. The monoisotopic (exact) mass is 566 g/mol. The molecule has 0 aromatic heterocycles. The SMILES string of the molecule is CC[N+](CC)(CC)CC.CC[N+](CC)(CC)CC.O=C(O)c1ccc(SSc2ccc(C(=O)O)cc2)cc1. The molecule has 2 rings (SSSR count). The Labute approximate surface area is 239 Å². The summed E-state index contributed by atoms with van der Waals surface area (Å²) in [7, 11) is 2.97. The van der Waals surface area contributed by atoms with Crippen LogP contribution in [0.4, 0.5) is 0 Å². The van der Waals surface area contributed by atoms with E-state index in [1.165, 1.54) is 82.9 Å². The Morgan fingerprint density at radius 3 is 0.842 bits per heavy atom. The van der Waals surface area contributed by atoms with Crippen molar-refractivity contribution in [3.05, 3.63) is 59.7 Å². The molecule has 0 amide bonds. The van der Waals surface area contributed by atoms with Crippen LogP contribution in [0, 0.1) is 0 Å². The molecule has 2 N–H and O–H groups in total. The summed E-state index contributed by atoms with van der Waals surface area (Å²) >= 11 is 0.